The summed E-state index contributed by atoms with van der Waals surface area (Å²) in [6.45, 7) is 1.66. The minimum atomic E-state index is -0.255. The lowest BCUT2D eigenvalue weighted by molar-refractivity contribution is -0.120. The molecule has 4 nitrogen and oxygen atoms in total. The zero-order chi connectivity index (χ0) is 16.5. The highest BCUT2D eigenvalue weighted by Crippen LogP contribution is 2.10. The molecule has 0 aliphatic heterocycles. The molecule has 0 unspecified atom stereocenters. The number of carbonyl (C=O) groups excluding carboxylic acids is 1. The third kappa shape index (κ3) is 6.36. The number of allylic oxidation sites excluding steroid dienone is 1. The van der Waals surface area contributed by atoms with Gasteiger partial charge in [-0.25, -0.2) is 0 Å². The molecule has 0 bridgehead atoms. The first-order chi connectivity index (χ1) is 11.1. The Balaban J connectivity index is 1.78. The van der Waals surface area contributed by atoms with Gasteiger partial charge in [0, 0.05) is 10.7 Å². The molecule has 0 aliphatic rings. The summed E-state index contributed by atoms with van der Waals surface area (Å²) in [5.41, 5.74) is 2.39. The second-order valence-corrected chi connectivity index (χ2v) is 5.24. The molecule has 0 spiro atoms. The summed E-state index contributed by atoms with van der Waals surface area (Å²) in [5.74, 6) is -0.255. The van der Waals surface area contributed by atoms with Crippen molar-refractivity contribution in [2.75, 3.05) is 11.9 Å². The third-order valence-electron chi connectivity index (χ3n) is 2.85. The maximum atomic E-state index is 11.7. The fraction of sp³-hybridized carbons (Fsp3) is 0.111. The van der Waals surface area contributed by atoms with Crippen LogP contribution in [0.25, 0.3) is 6.08 Å². The molecule has 0 fully saturated rings. The summed E-state index contributed by atoms with van der Waals surface area (Å²) in [5, 5.41) is 7.29. The van der Waals surface area contributed by atoms with Gasteiger partial charge in [0.25, 0.3) is 5.91 Å². The van der Waals surface area contributed by atoms with Gasteiger partial charge in [0.1, 0.15) is 0 Å². The van der Waals surface area contributed by atoms with Crippen LogP contribution in [-0.4, -0.2) is 18.2 Å². The van der Waals surface area contributed by atoms with E-state index in [1.165, 1.54) is 0 Å². The maximum Gasteiger partial charge on any atom is 0.265 e. The Morgan fingerprint density at radius 2 is 1.87 bits per heavy atom. The van der Waals surface area contributed by atoms with Crippen molar-refractivity contribution in [1.29, 1.82) is 0 Å². The van der Waals surface area contributed by atoms with Crippen LogP contribution in [0.15, 0.2) is 65.8 Å². The summed E-state index contributed by atoms with van der Waals surface area (Å²) in [7, 11) is 0. The number of nitrogens with one attached hydrogen (secondary N) is 1. The van der Waals surface area contributed by atoms with Gasteiger partial charge in [-0.05, 0) is 42.8 Å². The quantitative estimate of drug-likeness (QED) is 0.631. The zero-order valence-electron chi connectivity index (χ0n) is 12.7. The molecule has 1 N–H and O–H groups in total. The maximum absolute atomic E-state index is 11.7. The van der Waals surface area contributed by atoms with Crippen LogP contribution in [0, 0.1) is 0 Å². The van der Waals surface area contributed by atoms with Crippen molar-refractivity contribution < 1.29 is 9.63 Å². The number of hydrogen-bond donors (Lipinski definition) is 1. The van der Waals surface area contributed by atoms with E-state index in [4.69, 9.17) is 16.4 Å². The molecule has 0 radical (unpaired) electrons. The second kappa shape index (κ2) is 8.76. The van der Waals surface area contributed by atoms with Crippen LogP contribution in [0.2, 0.25) is 5.02 Å². The lowest BCUT2D eigenvalue weighted by Gasteiger charge is -2.03. The van der Waals surface area contributed by atoms with Crippen molar-refractivity contribution in [3.05, 3.63) is 71.3 Å². The topological polar surface area (TPSA) is 50.7 Å². The van der Waals surface area contributed by atoms with Crippen LogP contribution >= 0.6 is 11.6 Å². The SMILES string of the molecule is CC(/C=C/c1ccc(Cl)cc1)=N\OCC(=O)Nc1ccccc1. The summed E-state index contributed by atoms with van der Waals surface area (Å²) in [6, 6.07) is 16.6. The molecule has 5 heteroatoms. The number of benzene rings is 2. The van der Waals surface area contributed by atoms with E-state index in [0.717, 1.165) is 11.3 Å². The predicted octanol–water partition coefficient (Wildman–Crippen LogP) is 4.38. The monoisotopic (exact) mass is 328 g/mol. The van der Waals surface area contributed by atoms with Gasteiger partial charge in [0.15, 0.2) is 6.61 Å². The second-order valence-electron chi connectivity index (χ2n) is 4.81. The van der Waals surface area contributed by atoms with Gasteiger partial charge in [0.2, 0.25) is 0 Å². The number of nitrogens with zero attached hydrogens (tertiary/aromatic N) is 1. The molecule has 23 heavy (non-hydrogen) atoms. The van der Waals surface area contributed by atoms with E-state index in [9.17, 15) is 4.79 Å². The summed E-state index contributed by atoms with van der Waals surface area (Å²) >= 11 is 5.82. The van der Waals surface area contributed by atoms with Gasteiger partial charge in [-0.2, -0.15) is 0 Å². The number of hydrogen-bond acceptors (Lipinski definition) is 3. The largest absolute Gasteiger partial charge is 0.385 e. The van der Waals surface area contributed by atoms with Gasteiger partial charge in [-0.15, -0.1) is 0 Å². The highest BCUT2D eigenvalue weighted by atomic mass is 35.5. The first-order valence-corrected chi connectivity index (χ1v) is 7.46. The van der Waals surface area contributed by atoms with E-state index >= 15 is 0 Å². The molecule has 2 aromatic carbocycles. The molecule has 118 valence electrons. The number of para-hydroxylation sites is 1. The highest BCUT2D eigenvalue weighted by Gasteiger charge is 2.01. The Hall–Kier alpha value is -2.59. The van der Waals surface area contributed by atoms with E-state index in [1.54, 1.807) is 25.1 Å². The Morgan fingerprint density at radius 1 is 1.17 bits per heavy atom. The number of oxime groups is 1. The zero-order valence-corrected chi connectivity index (χ0v) is 13.5. The molecular weight excluding hydrogens is 312 g/mol. The van der Waals surface area contributed by atoms with Crippen molar-refractivity contribution in [2.24, 2.45) is 5.16 Å². The first kappa shape index (κ1) is 16.8. The molecule has 0 saturated heterocycles. The number of amides is 1. The van der Waals surface area contributed by atoms with Gasteiger partial charge in [-0.3, -0.25) is 4.79 Å². The van der Waals surface area contributed by atoms with Crippen LogP contribution in [0.4, 0.5) is 5.69 Å². The molecule has 0 heterocycles. The van der Waals surface area contributed by atoms with Crippen LogP contribution in [0.5, 0.6) is 0 Å². The normalized spacial score (nSPS) is 11.5. The number of anilines is 1. The van der Waals surface area contributed by atoms with Gasteiger partial charge in [0.05, 0.1) is 5.71 Å². The Bertz CT molecular complexity index is 695. The Labute approximate surface area is 140 Å². The molecule has 0 atom stereocenters. The van der Waals surface area contributed by atoms with E-state index in [0.29, 0.717) is 10.7 Å². The lowest BCUT2D eigenvalue weighted by Crippen LogP contribution is -2.17. The average Bonchev–Trinajstić information content (AvgIpc) is 2.55. The van der Waals surface area contributed by atoms with Crippen molar-refractivity contribution in [3.63, 3.8) is 0 Å². The smallest absolute Gasteiger partial charge is 0.265 e. The number of carbonyl (C=O) groups is 1. The Kier molecular flexibility index (Phi) is 6.39. The van der Waals surface area contributed by atoms with E-state index in [2.05, 4.69) is 10.5 Å². The molecule has 1 amide bonds. The van der Waals surface area contributed by atoms with Crippen LogP contribution in [0.3, 0.4) is 0 Å². The average molecular weight is 329 g/mol. The summed E-state index contributed by atoms with van der Waals surface area (Å²) in [4.78, 5) is 16.7. The van der Waals surface area contributed by atoms with Crippen LogP contribution in [0.1, 0.15) is 12.5 Å². The van der Waals surface area contributed by atoms with Crippen molar-refractivity contribution >= 4 is 35.0 Å². The molecule has 0 aliphatic carbocycles. The van der Waals surface area contributed by atoms with Crippen molar-refractivity contribution in [2.45, 2.75) is 6.92 Å². The molecule has 0 saturated carbocycles. The van der Waals surface area contributed by atoms with E-state index < -0.39 is 0 Å². The van der Waals surface area contributed by atoms with E-state index in [1.807, 2.05) is 48.5 Å². The fourth-order valence-corrected chi connectivity index (χ4v) is 1.86. The summed E-state index contributed by atoms with van der Waals surface area (Å²) in [6.07, 6.45) is 3.70. The van der Waals surface area contributed by atoms with Gasteiger partial charge < -0.3 is 10.2 Å². The third-order valence-corrected chi connectivity index (χ3v) is 3.10. The molecular formula is C18H17ClN2O2. The minimum absolute atomic E-state index is 0.138. The fourth-order valence-electron chi connectivity index (χ4n) is 1.73. The van der Waals surface area contributed by atoms with Crippen LogP contribution < -0.4 is 5.32 Å². The minimum Gasteiger partial charge on any atom is -0.385 e. The highest BCUT2D eigenvalue weighted by molar-refractivity contribution is 6.30. The van der Waals surface area contributed by atoms with Crippen molar-refractivity contribution in [1.82, 2.24) is 0 Å². The predicted molar refractivity (Wildman–Crippen MR) is 94.6 cm³/mol. The van der Waals surface area contributed by atoms with Crippen molar-refractivity contribution in [3.8, 4) is 0 Å². The number of halogens is 1. The Morgan fingerprint density at radius 3 is 2.57 bits per heavy atom. The van der Waals surface area contributed by atoms with E-state index in [-0.39, 0.29) is 12.5 Å². The lowest BCUT2D eigenvalue weighted by atomic mass is 10.2. The number of rotatable bonds is 6. The van der Waals surface area contributed by atoms with Gasteiger partial charge >= 0.3 is 0 Å². The van der Waals surface area contributed by atoms with Crippen LogP contribution in [-0.2, 0) is 9.63 Å². The standard InChI is InChI=1S/C18H17ClN2O2/c1-14(7-8-15-9-11-16(19)12-10-15)21-23-13-18(22)20-17-5-3-2-4-6-17/h2-12H,13H2,1H3,(H,20,22)/b8-7+,21-14+. The molecule has 0 aromatic heterocycles. The molecule has 2 aromatic rings. The first-order valence-electron chi connectivity index (χ1n) is 7.08. The summed E-state index contributed by atoms with van der Waals surface area (Å²) < 4.78 is 0. The molecule has 2 rings (SSSR count). The van der Waals surface area contributed by atoms with Gasteiger partial charge in [-0.1, -0.05) is 53.2 Å².